The summed E-state index contributed by atoms with van der Waals surface area (Å²) in [5, 5.41) is 13.2. The van der Waals surface area contributed by atoms with Gasteiger partial charge in [-0.3, -0.25) is 5.21 Å². The van der Waals surface area contributed by atoms with Crippen molar-refractivity contribution in [2.24, 2.45) is 5.29 Å². The van der Waals surface area contributed by atoms with Crippen LogP contribution in [0.4, 0.5) is 0 Å². The molecule has 0 atom stereocenters. The van der Waals surface area contributed by atoms with Crippen molar-refractivity contribution in [2.75, 3.05) is 19.6 Å². The number of quaternary nitrogens is 1. The van der Waals surface area contributed by atoms with E-state index in [2.05, 4.69) is 11.0 Å². The predicted octanol–water partition coefficient (Wildman–Crippen LogP) is -0.382. The minimum absolute atomic E-state index is 0.360. The van der Waals surface area contributed by atoms with Gasteiger partial charge < -0.3 is 5.73 Å². The first-order chi connectivity index (χ1) is 5.76. The minimum atomic E-state index is 0.360. The molecule has 0 saturated heterocycles. The van der Waals surface area contributed by atoms with Crippen LogP contribution in [0.1, 0.15) is 19.8 Å². The summed E-state index contributed by atoms with van der Waals surface area (Å²) < 4.78 is 0. The molecule has 0 aliphatic heterocycles. The van der Waals surface area contributed by atoms with Gasteiger partial charge in [-0.2, -0.15) is 5.01 Å². The van der Waals surface area contributed by atoms with Gasteiger partial charge >= 0.3 is 0 Å². The molecule has 72 valence electrons. The Balaban J connectivity index is 3.75. The Hall–Kier alpha value is -0.720. The molecule has 0 fully saturated rings. The maximum atomic E-state index is 9.95. The van der Waals surface area contributed by atoms with Crippen molar-refractivity contribution < 1.29 is 10.9 Å². The number of hydrazine groups is 1. The zero-order valence-corrected chi connectivity index (χ0v) is 7.44. The Kier molecular flexibility index (Phi) is 6.54. The Labute approximate surface area is 71.8 Å². The van der Waals surface area contributed by atoms with Gasteiger partial charge in [0.15, 0.2) is 0 Å². The van der Waals surface area contributed by atoms with Crippen LogP contribution in [0.2, 0.25) is 0 Å². The van der Waals surface area contributed by atoms with E-state index in [-0.39, 0.29) is 0 Å². The summed E-state index contributed by atoms with van der Waals surface area (Å²) in [6.07, 6.45) is 1.70. The molecule has 0 amide bonds. The maximum absolute atomic E-state index is 9.95. The third kappa shape index (κ3) is 4.22. The fourth-order valence-corrected chi connectivity index (χ4v) is 0.895. The van der Waals surface area contributed by atoms with Crippen molar-refractivity contribution in [1.82, 2.24) is 10.3 Å². The molecule has 0 bridgehead atoms. The Morgan fingerprint density at radius 2 is 2.17 bits per heavy atom. The molecule has 0 radical (unpaired) electrons. The molecule has 4 N–H and O–H groups in total. The molecule has 0 unspecified atom stereocenters. The largest absolute Gasteiger partial charge is 0.358 e. The van der Waals surface area contributed by atoms with Crippen LogP contribution in [0.15, 0.2) is 5.29 Å². The second kappa shape index (κ2) is 6.96. The molecule has 0 spiro atoms. The number of hydrogen-bond donors (Lipinski definition) is 2. The fourth-order valence-electron chi connectivity index (χ4n) is 0.895. The third-order valence-electron chi connectivity index (χ3n) is 1.47. The van der Waals surface area contributed by atoms with Crippen LogP contribution >= 0.6 is 0 Å². The van der Waals surface area contributed by atoms with E-state index in [1.54, 1.807) is 0 Å². The lowest BCUT2D eigenvalue weighted by Crippen LogP contribution is -2.51. The number of hydrogen-bond acceptors (Lipinski definition) is 4. The maximum Gasteiger partial charge on any atom is 0.0962 e. The lowest BCUT2D eigenvalue weighted by molar-refractivity contribution is -0.370. The van der Waals surface area contributed by atoms with Crippen molar-refractivity contribution in [3.8, 4) is 0 Å². The van der Waals surface area contributed by atoms with E-state index in [0.717, 1.165) is 19.4 Å². The topological polar surface area (TPSA) is 83.8 Å². The van der Waals surface area contributed by atoms with E-state index >= 15 is 0 Å². The smallest absolute Gasteiger partial charge is 0.0962 e. The van der Waals surface area contributed by atoms with Gasteiger partial charge in [-0.25, -0.2) is 0 Å². The van der Waals surface area contributed by atoms with Gasteiger partial charge in [0.2, 0.25) is 0 Å². The van der Waals surface area contributed by atoms with Crippen LogP contribution in [0.3, 0.4) is 0 Å². The number of rotatable bonds is 7. The summed E-state index contributed by atoms with van der Waals surface area (Å²) in [5.41, 5.74) is 3.67. The van der Waals surface area contributed by atoms with E-state index < -0.39 is 0 Å². The van der Waals surface area contributed by atoms with E-state index in [0.29, 0.717) is 18.4 Å². The fraction of sp³-hybridized carbons (Fsp3) is 1.00. The van der Waals surface area contributed by atoms with Gasteiger partial charge in [0.05, 0.1) is 11.8 Å². The zero-order chi connectivity index (χ0) is 9.40. The summed E-state index contributed by atoms with van der Waals surface area (Å²) in [6, 6.07) is 0. The molecule has 12 heavy (non-hydrogen) atoms. The molecule has 0 heterocycles. The van der Waals surface area contributed by atoms with Crippen molar-refractivity contribution in [2.45, 2.75) is 19.8 Å². The second-order valence-corrected chi connectivity index (χ2v) is 2.51. The van der Waals surface area contributed by atoms with Crippen LogP contribution in [0.5, 0.6) is 0 Å². The normalized spacial score (nSPS) is 10.3. The first kappa shape index (κ1) is 11.3. The average molecular weight is 177 g/mol. The van der Waals surface area contributed by atoms with Gasteiger partial charge in [-0.05, 0) is 6.42 Å². The molecule has 0 aliphatic carbocycles. The minimum Gasteiger partial charge on any atom is -0.358 e. The quantitative estimate of drug-likeness (QED) is 0.410. The molecule has 0 aliphatic rings. The molecule has 6 heteroatoms. The molecule has 0 rings (SSSR count). The average Bonchev–Trinajstić information content (AvgIpc) is 2.11. The van der Waals surface area contributed by atoms with Crippen molar-refractivity contribution in [1.29, 1.82) is 0 Å². The molecule has 6 nitrogen and oxygen atoms in total. The highest BCUT2D eigenvalue weighted by Crippen LogP contribution is 1.97. The summed E-state index contributed by atoms with van der Waals surface area (Å²) in [6.45, 7) is 3.99. The third-order valence-corrected chi connectivity index (χ3v) is 1.47. The zero-order valence-electron chi connectivity index (χ0n) is 7.44. The van der Waals surface area contributed by atoms with Gasteiger partial charge in [0.1, 0.15) is 0 Å². The Morgan fingerprint density at radius 3 is 2.58 bits per heavy atom. The van der Waals surface area contributed by atoms with E-state index in [4.69, 9.17) is 5.21 Å². The number of nitroso groups, excluding NO2 is 1. The summed E-state index contributed by atoms with van der Waals surface area (Å²) in [7, 11) is 0. The van der Waals surface area contributed by atoms with Crippen molar-refractivity contribution in [3.63, 3.8) is 0 Å². The van der Waals surface area contributed by atoms with Gasteiger partial charge in [0.25, 0.3) is 0 Å². The van der Waals surface area contributed by atoms with Crippen LogP contribution < -0.4 is 5.73 Å². The van der Waals surface area contributed by atoms with Gasteiger partial charge in [-0.15, -0.1) is 4.91 Å². The SMILES string of the molecule is CCCN(CCC[NH3+])N(O)N=O. The first-order valence-electron chi connectivity index (χ1n) is 4.12. The van der Waals surface area contributed by atoms with Gasteiger partial charge in [0, 0.05) is 19.5 Å². The molecule has 0 saturated carbocycles. The Bertz CT molecular complexity index is 122. The first-order valence-corrected chi connectivity index (χ1v) is 4.12. The van der Waals surface area contributed by atoms with E-state index in [1.807, 2.05) is 6.92 Å². The van der Waals surface area contributed by atoms with Crippen molar-refractivity contribution in [3.05, 3.63) is 4.91 Å². The molecular formula is C6H17N4O2+. The van der Waals surface area contributed by atoms with Crippen LogP contribution in [0.25, 0.3) is 0 Å². The molecule has 0 aromatic heterocycles. The Morgan fingerprint density at radius 1 is 1.50 bits per heavy atom. The number of nitrogens with zero attached hydrogens (tertiary/aromatic N) is 3. The van der Waals surface area contributed by atoms with Crippen LogP contribution in [-0.4, -0.2) is 35.1 Å². The van der Waals surface area contributed by atoms with E-state index in [1.165, 1.54) is 5.01 Å². The highest BCUT2D eigenvalue weighted by atomic mass is 16.6. The highest BCUT2D eigenvalue weighted by Gasteiger charge is 2.10. The second-order valence-electron chi connectivity index (χ2n) is 2.51. The summed E-state index contributed by atoms with van der Waals surface area (Å²) in [5.74, 6) is 0. The molecule has 0 aromatic carbocycles. The van der Waals surface area contributed by atoms with Crippen LogP contribution in [0, 0.1) is 4.91 Å². The van der Waals surface area contributed by atoms with Crippen LogP contribution in [-0.2, 0) is 0 Å². The standard InChI is InChI=1S/C6H16N4O2/c1-2-5-9(6-3-4-7)10(12)8-11/h12H,2-7H2,1H3/p+1. The predicted molar refractivity (Wildman–Crippen MR) is 43.7 cm³/mol. The monoisotopic (exact) mass is 177 g/mol. The lowest BCUT2D eigenvalue weighted by atomic mass is 10.4. The molecular weight excluding hydrogens is 160 g/mol. The highest BCUT2D eigenvalue weighted by molar-refractivity contribution is 4.47. The molecule has 0 aromatic rings. The lowest BCUT2D eigenvalue weighted by Gasteiger charge is -2.22. The van der Waals surface area contributed by atoms with Gasteiger partial charge in [-0.1, -0.05) is 12.2 Å². The van der Waals surface area contributed by atoms with E-state index in [9.17, 15) is 4.91 Å². The summed E-state index contributed by atoms with van der Waals surface area (Å²) >= 11 is 0. The summed E-state index contributed by atoms with van der Waals surface area (Å²) in [4.78, 5) is 9.95. The van der Waals surface area contributed by atoms with Crippen molar-refractivity contribution >= 4 is 0 Å².